The van der Waals surface area contributed by atoms with E-state index in [0.717, 1.165) is 12.3 Å². The average Bonchev–Trinajstić information content (AvgIpc) is 2.74. The number of nitrogens with zero attached hydrogens (tertiary/aromatic N) is 1. The van der Waals surface area contributed by atoms with Gasteiger partial charge in [-0.1, -0.05) is 6.92 Å². The number of carbonyl (C=O) groups is 1. The van der Waals surface area contributed by atoms with E-state index >= 15 is 0 Å². The van der Waals surface area contributed by atoms with E-state index in [1.807, 2.05) is 6.92 Å². The molecule has 1 amide bonds. The van der Waals surface area contributed by atoms with Gasteiger partial charge in [-0.25, -0.2) is 0 Å². The second-order valence-corrected chi connectivity index (χ2v) is 3.29. The van der Waals surface area contributed by atoms with Gasteiger partial charge in [0.2, 0.25) is 0 Å². The van der Waals surface area contributed by atoms with Crippen LogP contribution >= 0.6 is 0 Å². The minimum Gasteiger partial charge on any atom is -0.394 e. The van der Waals surface area contributed by atoms with Gasteiger partial charge in [-0.3, -0.25) is 14.9 Å². The summed E-state index contributed by atoms with van der Waals surface area (Å²) in [5, 5.41) is 21.8. The quantitative estimate of drug-likeness (QED) is 0.500. The summed E-state index contributed by atoms with van der Waals surface area (Å²) >= 11 is 0. The molecule has 1 atom stereocenters. The Morgan fingerprint density at radius 3 is 2.88 bits per heavy atom. The smallest absolute Gasteiger partial charge is 0.287 e. The Balaban J connectivity index is 2.69. The maximum Gasteiger partial charge on any atom is 0.287 e. The molecule has 0 aromatic carbocycles. The molecule has 0 aliphatic carbocycles. The first-order valence-electron chi connectivity index (χ1n) is 4.83. The van der Waals surface area contributed by atoms with Crippen molar-refractivity contribution in [1.29, 1.82) is 0 Å². The normalized spacial score (nSPS) is 12.1. The summed E-state index contributed by atoms with van der Waals surface area (Å²) in [5.41, 5.74) is -0.0548. The molecule has 1 aromatic rings. The van der Waals surface area contributed by atoms with Crippen molar-refractivity contribution in [1.82, 2.24) is 10.3 Å². The van der Waals surface area contributed by atoms with Crippen LogP contribution < -0.4 is 5.32 Å². The number of nitrogens with one attached hydrogen (secondary N) is 2. The summed E-state index contributed by atoms with van der Waals surface area (Å²) in [6.45, 7) is 1.66. The number of rotatable bonds is 5. The molecule has 1 aromatic heterocycles. The number of hydrogen-bond acceptors (Lipinski definition) is 4. The highest BCUT2D eigenvalue weighted by Crippen LogP contribution is 2.12. The fraction of sp³-hybridized carbons (Fsp3) is 0.444. The Bertz CT molecular complexity index is 384. The lowest BCUT2D eigenvalue weighted by atomic mass is 10.2. The van der Waals surface area contributed by atoms with E-state index in [0.29, 0.717) is 6.42 Å². The number of aliphatic hydroxyl groups excluding tert-OH is 1. The van der Waals surface area contributed by atoms with Gasteiger partial charge in [0.15, 0.2) is 0 Å². The van der Waals surface area contributed by atoms with Crippen LogP contribution in [0.25, 0.3) is 0 Å². The van der Waals surface area contributed by atoms with E-state index in [-0.39, 0.29) is 24.0 Å². The molecule has 0 saturated carbocycles. The van der Waals surface area contributed by atoms with Gasteiger partial charge in [-0.05, 0) is 6.42 Å². The predicted molar refractivity (Wildman–Crippen MR) is 56.1 cm³/mol. The van der Waals surface area contributed by atoms with E-state index in [1.165, 1.54) is 0 Å². The highest BCUT2D eigenvalue weighted by molar-refractivity contribution is 5.93. The number of aromatic amines is 1. The summed E-state index contributed by atoms with van der Waals surface area (Å²) in [6.07, 6.45) is 1.74. The van der Waals surface area contributed by atoms with Crippen LogP contribution in [-0.2, 0) is 0 Å². The van der Waals surface area contributed by atoms with Gasteiger partial charge >= 0.3 is 0 Å². The third-order valence-corrected chi connectivity index (χ3v) is 2.17. The predicted octanol–water partition coefficient (Wildman–Crippen LogP) is 0.424. The van der Waals surface area contributed by atoms with Crippen molar-refractivity contribution >= 4 is 11.6 Å². The Morgan fingerprint density at radius 1 is 1.75 bits per heavy atom. The topological polar surface area (TPSA) is 108 Å². The first-order valence-corrected chi connectivity index (χ1v) is 4.83. The van der Waals surface area contributed by atoms with E-state index in [2.05, 4.69) is 10.3 Å². The number of aliphatic hydroxyl groups is 1. The maximum absolute atomic E-state index is 11.5. The molecule has 3 N–H and O–H groups in total. The Labute approximate surface area is 91.6 Å². The van der Waals surface area contributed by atoms with E-state index in [1.54, 1.807) is 0 Å². The number of H-pyrrole nitrogens is 1. The molecule has 16 heavy (non-hydrogen) atoms. The molecule has 1 heterocycles. The zero-order chi connectivity index (χ0) is 12.1. The maximum atomic E-state index is 11.5. The summed E-state index contributed by atoms with van der Waals surface area (Å²) in [7, 11) is 0. The largest absolute Gasteiger partial charge is 0.394 e. The lowest BCUT2D eigenvalue weighted by Gasteiger charge is -2.12. The third kappa shape index (κ3) is 2.80. The van der Waals surface area contributed by atoms with Gasteiger partial charge in [0.1, 0.15) is 5.69 Å². The lowest BCUT2D eigenvalue weighted by molar-refractivity contribution is -0.384. The molecule has 1 rings (SSSR count). The van der Waals surface area contributed by atoms with Crippen LogP contribution in [0.3, 0.4) is 0 Å². The Morgan fingerprint density at radius 2 is 2.44 bits per heavy atom. The molecule has 0 aliphatic heterocycles. The monoisotopic (exact) mass is 227 g/mol. The molecule has 0 spiro atoms. The number of nitro groups is 1. The van der Waals surface area contributed by atoms with Crippen LogP contribution in [0.5, 0.6) is 0 Å². The van der Waals surface area contributed by atoms with Gasteiger partial charge in [-0.2, -0.15) is 0 Å². The summed E-state index contributed by atoms with van der Waals surface area (Å²) in [5.74, 6) is -0.464. The fourth-order valence-electron chi connectivity index (χ4n) is 1.16. The molecular formula is C9H13N3O4. The number of carbonyl (C=O) groups excluding carboxylic acids is 1. The van der Waals surface area contributed by atoms with Crippen molar-refractivity contribution in [2.75, 3.05) is 6.61 Å². The third-order valence-electron chi connectivity index (χ3n) is 2.17. The Hall–Kier alpha value is -1.89. The van der Waals surface area contributed by atoms with Gasteiger partial charge in [0.25, 0.3) is 11.6 Å². The summed E-state index contributed by atoms with van der Waals surface area (Å²) in [4.78, 5) is 23.8. The molecule has 0 bridgehead atoms. The lowest BCUT2D eigenvalue weighted by Crippen LogP contribution is -2.37. The molecule has 0 saturated heterocycles. The molecular weight excluding hydrogens is 214 g/mol. The second-order valence-electron chi connectivity index (χ2n) is 3.29. The van der Waals surface area contributed by atoms with Crippen molar-refractivity contribution in [2.24, 2.45) is 0 Å². The van der Waals surface area contributed by atoms with E-state index in [4.69, 9.17) is 5.11 Å². The highest BCUT2D eigenvalue weighted by atomic mass is 16.6. The van der Waals surface area contributed by atoms with Crippen molar-refractivity contribution in [3.63, 3.8) is 0 Å². The first-order chi connectivity index (χ1) is 7.58. The van der Waals surface area contributed by atoms with Crippen LogP contribution in [0, 0.1) is 10.1 Å². The standard InChI is InChI=1S/C9H13N3O4/c1-2-6(5-13)11-9(14)8-3-7(4-10-8)12(15)16/h3-4,6,10,13H,2,5H2,1H3,(H,11,14). The minimum atomic E-state index is -0.587. The summed E-state index contributed by atoms with van der Waals surface area (Å²) < 4.78 is 0. The van der Waals surface area contributed by atoms with Crippen LogP contribution in [0.15, 0.2) is 12.3 Å². The van der Waals surface area contributed by atoms with Crippen molar-refractivity contribution in [3.8, 4) is 0 Å². The molecule has 0 aliphatic rings. The average molecular weight is 227 g/mol. The van der Waals surface area contributed by atoms with Crippen LogP contribution in [0.2, 0.25) is 0 Å². The number of amides is 1. The highest BCUT2D eigenvalue weighted by Gasteiger charge is 2.16. The second kappa shape index (κ2) is 5.26. The SMILES string of the molecule is CCC(CO)NC(=O)c1cc([N+](=O)[O-])c[nH]1. The van der Waals surface area contributed by atoms with E-state index in [9.17, 15) is 14.9 Å². The van der Waals surface area contributed by atoms with Crippen LogP contribution in [0.4, 0.5) is 5.69 Å². The molecule has 7 nitrogen and oxygen atoms in total. The van der Waals surface area contributed by atoms with Crippen molar-refractivity contribution < 1.29 is 14.8 Å². The van der Waals surface area contributed by atoms with E-state index < -0.39 is 10.8 Å². The summed E-state index contributed by atoms with van der Waals surface area (Å²) in [6, 6.07) is 0.814. The zero-order valence-electron chi connectivity index (χ0n) is 8.77. The van der Waals surface area contributed by atoms with Gasteiger partial charge < -0.3 is 15.4 Å². The van der Waals surface area contributed by atoms with Crippen LogP contribution in [0.1, 0.15) is 23.8 Å². The fourth-order valence-corrected chi connectivity index (χ4v) is 1.16. The first kappa shape index (κ1) is 12.2. The molecule has 7 heteroatoms. The number of aromatic nitrogens is 1. The number of hydrogen-bond donors (Lipinski definition) is 3. The zero-order valence-corrected chi connectivity index (χ0v) is 8.77. The van der Waals surface area contributed by atoms with Gasteiger partial charge in [0, 0.05) is 6.07 Å². The molecule has 0 radical (unpaired) electrons. The molecule has 1 unspecified atom stereocenters. The Kier molecular flexibility index (Phi) is 4.01. The van der Waals surface area contributed by atoms with Crippen molar-refractivity contribution in [3.05, 3.63) is 28.1 Å². The van der Waals surface area contributed by atoms with Gasteiger partial charge in [0.05, 0.1) is 23.8 Å². The minimum absolute atomic E-state index is 0.110. The molecule has 0 fully saturated rings. The van der Waals surface area contributed by atoms with Crippen LogP contribution in [-0.4, -0.2) is 33.6 Å². The molecule has 88 valence electrons. The van der Waals surface area contributed by atoms with Crippen molar-refractivity contribution in [2.45, 2.75) is 19.4 Å². The van der Waals surface area contributed by atoms with Gasteiger partial charge in [-0.15, -0.1) is 0 Å².